The number of benzene rings is 4. The molecule has 2 heterocycles. The van der Waals surface area contributed by atoms with E-state index in [0.29, 0.717) is 6.07 Å². The number of aromatic carboxylic acids is 1. The molecule has 0 spiro atoms. The van der Waals surface area contributed by atoms with Crippen LogP contribution in [0, 0.1) is 0 Å². The second-order valence-corrected chi connectivity index (χ2v) is 20.2. The summed E-state index contributed by atoms with van der Waals surface area (Å²) in [4.78, 5) is 22.6. The molecule has 362 valence electrons. The summed E-state index contributed by atoms with van der Waals surface area (Å²) in [6.07, 6.45) is 2.53. The van der Waals surface area contributed by atoms with E-state index in [0.717, 1.165) is 41.8 Å². The van der Waals surface area contributed by atoms with Crippen LogP contribution < -0.4 is 24.3 Å². The maximum Gasteiger partial charge on any atom is 0.444 e. The van der Waals surface area contributed by atoms with E-state index < -0.39 is 112 Å². The molecule has 0 bridgehead atoms. The van der Waals surface area contributed by atoms with Gasteiger partial charge in [-0.05, 0) is 58.5 Å². The maximum atomic E-state index is 13.2. The van der Waals surface area contributed by atoms with Crippen molar-refractivity contribution in [3.63, 3.8) is 0 Å². The number of aromatic nitrogens is 4. The molecule has 0 aliphatic carbocycles. The molecular formula is C38H35N10O17S4+. The van der Waals surface area contributed by atoms with E-state index >= 15 is 0 Å². The third-order valence-electron chi connectivity index (χ3n) is 9.44. The lowest BCUT2D eigenvalue weighted by molar-refractivity contribution is -0.603. The van der Waals surface area contributed by atoms with Crippen LogP contribution in [0.15, 0.2) is 120 Å². The molecule has 6 aromatic rings. The first-order chi connectivity index (χ1) is 32.2. The zero-order valence-electron chi connectivity index (χ0n) is 35.5. The number of phenols is 2. The lowest BCUT2D eigenvalue weighted by atomic mass is 10.1. The fourth-order valence-corrected chi connectivity index (χ4v) is 8.69. The van der Waals surface area contributed by atoms with Gasteiger partial charge in [-0.2, -0.15) is 25.3 Å². The number of carboxylic acids is 1. The Balaban J connectivity index is 1.51. The van der Waals surface area contributed by atoms with Gasteiger partial charge in [0, 0.05) is 41.9 Å². The zero-order valence-corrected chi connectivity index (χ0v) is 38.7. The summed E-state index contributed by atoms with van der Waals surface area (Å²) in [5.74, 6) is -4.30. The standard InChI is InChI=1S/C38H34N10O17S4/c1-5-66(53,54)15-14-47(2)37-40-36(41-38(42-37)48-12-10-20(11-13-48)35(51)52)39-24-8-7-22-23(34(24)69(61,62)63)17-31(68(58,59)60)32(33(22)50)46-44-26-19-30(65-4)29(64-3)18-25(26)43-45-27-16-21(67(55,56)57)6-9-28(27)49/h5-13,16-19H,1,14-15H2,2-4H3,(H6-,39,40,41,42,43,44,45,46,49,50,51,52,55,56,57,58,59,60,61,62,63)/p+1. The van der Waals surface area contributed by atoms with Gasteiger partial charge in [0.15, 0.2) is 27.1 Å². The molecule has 0 atom stereocenters. The lowest BCUT2D eigenvalue weighted by Gasteiger charge is -2.16. The quantitative estimate of drug-likeness (QED) is 0.0347. The Morgan fingerprint density at radius 3 is 1.93 bits per heavy atom. The second kappa shape index (κ2) is 19.4. The number of aromatic hydroxyl groups is 2. The number of fused-ring (bicyclic) bond motifs is 1. The number of carbonyl (C=O) groups is 1. The molecule has 2 aromatic heterocycles. The number of carboxylic acid groups (broad SMARTS) is 1. The van der Waals surface area contributed by atoms with Crippen LogP contribution in [0.25, 0.3) is 16.7 Å². The van der Waals surface area contributed by atoms with E-state index in [1.54, 1.807) is 0 Å². The Morgan fingerprint density at radius 2 is 1.38 bits per heavy atom. The van der Waals surface area contributed by atoms with Crippen LogP contribution in [0.1, 0.15) is 10.4 Å². The predicted molar refractivity (Wildman–Crippen MR) is 240 cm³/mol. The van der Waals surface area contributed by atoms with E-state index in [2.05, 4.69) is 47.3 Å². The van der Waals surface area contributed by atoms with Gasteiger partial charge in [-0.25, -0.2) is 17.8 Å². The van der Waals surface area contributed by atoms with Gasteiger partial charge < -0.3 is 35.0 Å². The first kappa shape index (κ1) is 50.6. The van der Waals surface area contributed by atoms with Crippen molar-refractivity contribution < 1.29 is 81.5 Å². The largest absolute Gasteiger partial charge is 0.506 e. The van der Waals surface area contributed by atoms with E-state index in [9.17, 15) is 67.4 Å². The van der Waals surface area contributed by atoms with Gasteiger partial charge in [0.1, 0.15) is 38.3 Å². The summed E-state index contributed by atoms with van der Waals surface area (Å²) in [7, 11) is -15.5. The molecule has 31 heteroatoms. The van der Waals surface area contributed by atoms with Gasteiger partial charge in [0.05, 0.1) is 48.5 Å². The summed E-state index contributed by atoms with van der Waals surface area (Å²) in [6, 6.07) is 9.90. The fourth-order valence-electron chi connectivity index (χ4n) is 6.00. The minimum Gasteiger partial charge on any atom is -0.506 e. The Kier molecular flexibility index (Phi) is 14.2. The van der Waals surface area contributed by atoms with Crippen molar-refractivity contribution in [1.82, 2.24) is 15.0 Å². The number of pyridine rings is 1. The van der Waals surface area contributed by atoms with E-state index in [1.807, 2.05) is 0 Å². The summed E-state index contributed by atoms with van der Waals surface area (Å²) < 4.78 is 142. The van der Waals surface area contributed by atoms with Crippen LogP contribution in [-0.2, 0) is 40.2 Å². The summed E-state index contributed by atoms with van der Waals surface area (Å²) in [6.45, 7) is 3.06. The highest BCUT2D eigenvalue weighted by Crippen LogP contribution is 2.47. The van der Waals surface area contributed by atoms with Gasteiger partial charge in [0.2, 0.25) is 0 Å². The number of ether oxygens (including phenoxy) is 2. The van der Waals surface area contributed by atoms with Crippen LogP contribution in [0.2, 0.25) is 0 Å². The van der Waals surface area contributed by atoms with Crippen molar-refractivity contribution in [3.8, 4) is 28.9 Å². The summed E-state index contributed by atoms with van der Waals surface area (Å²) >= 11 is 0. The highest BCUT2D eigenvalue weighted by molar-refractivity contribution is 7.94. The highest BCUT2D eigenvalue weighted by atomic mass is 32.2. The minimum absolute atomic E-state index is 0.0133. The van der Waals surface area contributed by atoms with Crippen molar-refractivity contribution in [3.05, 3.63) is 90.6 Å². The normalized spacial score (nSPS) is 12.4. The van der Waals surface area contributed by atoms with E-state index in [-0.39, 0.29) is 46.9 Å². The molecule has 0 saturated carbocycles. The fraction of sp³-hybridized carbons (Fsp3) is 0.132. The molecule has 27 nitrogen and oxygen atoms in total. The van der Waals surface area contributed by atoms with Crippen LogP contribution >= 0.6 is 0 Å². The monoisotopic (exact) mass is 1030 g/mol. The molecule has 6 rings (SSSR count). The van der Waals surface area contributed by atoms with Gasteiger partial charge in [-0.1, -0.05) is 6.58 Å². The lowest BCUT2D eigenvalue weighted by Crippen LogP contribution is -2.35. The number of rotatable bonds is 18. The summed E-state index contributed by atoms with van der Waals surface area (Å²) in [5.41, 5.74) is -2.72. The van der Waals surface area contributed by atoms with Crippen LogP contribution in [-0.4, -0.2) is 117 Å². The molecule has 7 N–H and O–H groups in total. The number of nitrogens with one attached hydrogen (secondary N) is 1. The minimum atomic E-state index is -5.49. The number of hydrogen-bond acceptors (Lipinski definition) is 22. The molecule has 0 aliphatic rings. The second-order valence-electron chi connectivity index (χ2n) is 13.9. The van der Waals surface area contributed by atoms with Crippen molar-refractivity contribution in [2.24, 2.45) is 20.5 Å². The van der Waals surface area contributed by atoms with Gasteiger partial charge in [-0.15, -0.1) is 25.4 Å². The highest BCUT2D eigenvalue weighted by Gasteiger charge is 2.30. The SMILES string of the molecule is C=CS(=O)(=O)CCN(C)c1nc(Nc2ccc3c(O)c(N=Nc4cc(OC)c(OC)cc4N=Nc4cc(S(=O)(=O)O)ccc4O)c(S(=O)(=O)O)cc3c2S(=O)(=O)O)nc(-[n+]2ccc(C(=O)O)cc2)n1. The molecule has 0 aliphatic heterocycles. The Labute approximate surface area is 390 Å². The predicted octanol–water partition coefficient (Wildman–Crippen LogP) is 4.74. The van der Waals surface area contributed by atoms with Crippen LogP contribution in [0.4, 0.5) is 40.3 Å². The topological polar surface area (TPSA) is 401 Å². The van der Waals surface area contributed by atoms with Gasteiger partial charge in [0.25, 0.3) is 30.4 Å². The number of anilines is 3. The molecule has 69 heavy (non-hydrogen) atoms. The zero-order chi connectivity index (χ0) is 50.8. The van der Waals surface area contributed by atoms with Crippen molar-refractivity contribution in [1.29, 1.82) is 0 Å². The maximum absolute atomic E-state index is 13.2. The number of hydrogen-bond donors (Lipinski definition) is 7. The van der Waals surface area contributed by atoms with E-state index in [4.69, 9.17) is 9.47 Å². The first-order valence-corrected chi connectivity index (χ1v) is 24.8. The molecule has 0 saturated heterocycles. The van der Waals surface area contributed by atoms with Crippen LogP contribution in [0.5, 0.6) is 23.0 Å². The van der Waals surface area contributed by atoms with Crippen molar-refractivity contribution in [2.75, 3.05) is 43.8 Å². The van der Waals surface area contributed by atoms with E-state index in [1.165, 1.54) is 61.3 Å². The number of phenolic OH excluding ortho intramolecular Hbond substituents is 2. The molecule has 0 unspecified atom stereocenters. The molecule has 0 radical (unpaired) electrons. The summed E-state index contributed by atoms with van der Waals surface area (Å²) in [5, 5.41) is 48.9. The molecule has 4 aromatic carbocycles. The van der Waals surface area contributed by atoms with Crippen molar-refractivity contribution >= 4 is 97.3 Å². The average molecular weight is 1030 g/mol. The Bertz CT molecular complexity index is 3600. The third kappa shape index (κ3) is 11.5. The van der Waals surface area contributed by atoms with Crippen molar-refractivity contribution in [2.45, 2.75) is 14.7 Å². The average Bonchev–Trinajstić information content (AvgIpc) is 3.28. The molecule has 0 amide bonds. The Morgan fingerprint density at radius 1 is 0.768 bits per heavy atom. The van der Waals surface area contributed by atoms with Crippen LogP contribution in [0.3, 0.4) is 0 Å². The Hall–Kier alpha value is -7.81. The number of sulfone groups is 1. The third-order valence-corrected chi connectivity index (χ3v) is 13.4. The molecular weight excluding hydrogens is 997 g/mol. The number of azo groups is 2. The first-order valence-electron chi connectivity index (χ1n) is 18.8. The van der Waals surface area contributed by atoms with Gasteiger partial charge >= 0.3 is 23.8 Å². The smallest absolute Gasteiger partial charge is 0.444 e. The number of methoxy groups -OCH3 is 2. The molecule has 0 fully saturated rings. The number of nitrogens with zero attached hydrogens (tertiary/aromatic N) is 9. The van der Waals surface area contributed by atoms with Gasteiger partial charge in [-0.3, -0.25) is 13.7 Å².